The maximum atomic E-state index is 12.3. The van der Waals surface area contributed by atoms with Gasteiger partial charge in [-0.25, -0.2) is 12.7 Å². The number of nitrogens with zero attached hydrogens (tertiary/aromatic N) is 1. The molecule has 0 atom stereocenters. The van der Waals surface area contributed by atoms with Gasteiger partial charge >= 0.3 is 0 Å². The van der Waals surface area contributed by atoms with Crippen LogP contribution in [0.1, 0.15) is 25.3 Å². The van der Waals surface area contributed by atoms with Gasteiger partial charge < -0.3 is 5.11 Å². The largest absolute Gasteiger partial charge is 0.384 e. The zero-order valence-electron chi connectivity index (χ0n) is 11.3. The minimum absolute atomic E-state index is 0.232. The van der Waals surface area contributed by atoms with Crippen LogP contribution in [0, 0.1) is 11.8 Å². The molecule has 104 valence electrons. The van der Waals surface area contributed by atoms with Crippen molar-refractivity contribution in [1.29, 1.82) is 0 Å². The quantitative estimate of drug-likeness (QED) is 0.831. The highest BCUT2D eigenvalue weighted by molar-refractivity contribution is 7.89. The molecule has 1 rings (SSSR count). The van der Waals surface area contributed by atoms with Crippen molar-refractivity contribution in [3.8, 4) is 11.8 Å². The molecule has 0 aliphatic carbocycles. The monoisotopic (exact) mass is 281 g/mol. The van der Waals surface area contributed by atoms with Gasteiger partial charge in [-0.3, -0.25) is 0 Å². The van der Waals surface area contributed by atoms with Crippen molar-refractivity contribution >= 4 is 10.0 Å². The zero-order chi connectivity index (χ0) is 14.3. The third-order valence-electron chi connectivity index (χ3n) is 2.68. The molecule has 0 saturated heterocycles. The lowest BCUT2D eigenvalue weighted by Crippen LogP contribution is -2.27. The van der Waals surface area contributed by atoms with E-state index in [4.69, 9.17) is 5.11 Å². The molecule has 0 radical (unpaired) electrons. The fourth-order valence-electron chi connectivity index (χ4n) is 1.56. The Kier molecular flexibility index (Phi) is 6.03. The number of unbranched alkanes of at least 4 members (excludes halogenated alkanes) is 1. The maximum Gasteiger partial charge on any atom is 0.242 e. The molecule has 5 heteroatoms. The van der Waals surface area contributed by atoms with Crippen molar-refractivity contribution < 1.29 is 13.5 Å². The Hall–Kier alpha value is -1.35. The lowest BCUT2D eigenvalue weighted by Gasteiger charge is -2.16. The van der Waals surface area contributed by atoms with E-state index in [2.05, 4.69) is 11.8 Å². The number of aliphatic hydroxyl groups is 1. The van der Waals surface area contributed by atoms with Crippen LogP contribution in [0.5, 0.6) is 0 Å². The summed E-state index contributed by atoms with van der Waals surface area (Å²) in [6.07, 6.45) is 1.78. The highest BCUT2D eigenvalue weighted by Gasteiger charge is 2.19. The molecule has 0 aliphatic rings. The molecule has 4 nitrogen and oxygen atoms in total. The van der Waals surface area contributed by atoms with E-state index in [1.54, 1.807) is 25.2 Å². The number of hydrogen-bond donors (Lipinski definition) is 1. The van der Waals surface area contributed by atoms with Crippen LogP contribution in [-0.2, 0) is 10.0 Å². The van der Waals surface area contributed by atoms with E-state index in [-0.39, 0.29) is 11.5 Å². The van der Waals surface area contributed by atoms with Crippen LogP contribution in [0.2, 0.25) is 0 Å². The van der Waals surface area contributed by atoms with Crippen molar-refractivity contribution in [3.05, 3.63) is 29.8 Å². The molecule has 0 aromatic heterocycles. The standard InChI is InChI=1S/C14H19NO3S/c1-3-4-10-15(2)19(17,18)14-9-5-7-13(12-14)8-6-11-16/h5,7,9,12,16H,3-4,10-11H2,1-2H3. The normalized spacial score (nSPS) is 11.2. The second-order valence-electron chi connectivity index (χ2n) is 4.17. The number of aliphatic hydroxyl groups excluding tert-OH is 1. The van der Waals surface area contributed by atoms with E-state index in [1.807, 2.05) is 6.92 Å². The molecule has 0 bridgehead atoms. The molecule has 0 saturated carbocycles. The number of hydrogen-bond acceptors (Lipinski definition) is 3. The smallest absolute Gasteiger partial charge is 0.242 e. The summed E-state index contributed by atoms with van der Waals surface area (Å²) in [5.41, 5.74) is 0.582. The van der Waals surface area contributed by atoms with E-state index >= 15 is 0 Å². The second kappa shape index (κ2) is 7.29. The van der Waals surface area contributed by atoms with Gasteiger partial charge in [0.15, 0.2) is 0 Å². The second-order valence-corrected chi connectivity index (χ2v) is 6.21. The van der Waals surface area contributed by atoms with Gasteiger partial charge in [0.05, 0.1) is 4.90 Å². The Bertz CT molecular complexity index is 570. The van der Waals surface area contributed by atoms with E-state index in [9.17, 15) is 8.42 Å². The first-order chi connectivity index (χ1) is 9.02. The van der Waals surface area contributed by atoms with Gasteiger partial charge in [0.25, 0.3) is 0 Å². The van der Waals surface area contributed by atoms with Crippen molar-refractivity contribution in [3.63, 3.8) is 0 Å². The fourth-order valence-corrected chi connectivity index (χ4v) is 2.81. The lowest BCUT2D eigenvalue weighted by molar-refractivity contribution is 0.350. The molecule has 0 heterocycles. The van der Waals surface area contributed by atoms with Crippen molar-refractivity contribution in [2.24, 2.45) is 0 Å². The highest BCUT2D eigenvalue weighted by atomic mass is 32.2. The van der Waals surface area contributed by atoms with Gasteiger partial charge in [-0.15, -0.1) is 0 Å². The summed E-state index contributed by atoms with van der Waals surface area (Å²) < 4.78 is 25.9. The van der Waals surface area contributed by atoms with E-state index in [1.165, 1.54) is 10.4 Å². The van der Waals surface area contributed by atoms with Crippen molar-refractivity contribution in [1.82, 2.24) is 4.31 Å². The summed E-state index contributed by atoms with van der Waals surface area (Å²) in [5.74, 6) is 5.21. The van der Waals surface area contributed by atoms with Crippen LogP contribution in [0.15, 0.2) is 29.2 Å². The van der Waals surface area contributed by atoms with Crippen LogP contribution in [0.3, 0.4) is 0 Å². The Morgan fingerprint density at radius 1 is 1.37 bits per heavy atom. The fraction of sp³-hybridized carbons (Fsp3) is 0.429. The van der Waals surface area contributed by atoms with Crippen molar-refractivity contribution in [2.45, 2.75) is 24.7 Å². The number of sulfonamides is 1. The molecule has 1 N–H and O–H groups in total. The Labute approximate surface area is 115 Å². The summed E-state index contributed by atoms with van der Waals surface area (Å²) in [5, 5.41) is 8.64. The first-order valence-electron chi connectivity index (χ1n) is 6.18. The minimum atomic E-state index is -3.46. The summed E-state index contributed by atoms with van der Waals surface area (Å²) in [4.78, 5) is 0.232. The average Bonchev–Trinajstić information content (AvgIpc) is 2.42. The Morgan fingerprint density at radius 3 is 2.74 bits per heavy atom. The number of benzene rings is 1. The van der Waals surface area contributed by atoms with Crippen LogP contribution >= 0.6 is 0 Å². The van der Waals surface area contributed by atoms with Crippen LogP contribution < -0.4 is 0 Å². The van der Waals surface area contributed by atoms with Gasteiger partial charge in [-0.2, -0.15) is 0 Å². The topological polar surface area (TPSA) is 57.6 Å². The molecule has 0 unspecified atom stereocenters. The van der Waals surface area contributed by atoms with E-state index < -0.39 is 10.0 Å². The third-order valence-corrected chi connectivity index (χ3v) is 4.53. The van der Waals surface area contributed by atoms with Gasteiger partial charge in [0.1, 0.15) is 6.61 Å². The summed E-state index contributed by atoms with van der Waals surface area (Å²) >= 11 is 0. The lowest BCUT2D eigenvalue weighted by atomic mass is 10.2. The first kappa shape index (κ1) is 15.7. The number of rotatable bonds is 5. The molecule has 0 spiro atoms. The van der Waals surface area contributed by atoms with Gasteiger partial charge in [-0.05, 0) is 24.6 Å². The summed E-state index contributed by atoms with van der Waals surface area (Å²) in [7, 11) is -1.88. The van der Waals surface area contributed by atoms with Crippen LogP contribution in [-0.4, -0.2) is 38.0 Å². The molecular formula is C14H19NO3S. The maximum absolute atomic E-state index is 12.3. The molecule has 19 heavy (non-hydrogen) atoms. The Morgan fingerprint density at radius 2 is 2.11 bits per heavy atom. The first-order valence-corrected chi connectivity index (χ1v) is 7.62. The zero-order valence-corrected chi connectivity index (χ0v) is 12.1. The minimum Gasteiger partial charge on any atom is -0.384 e. The SMILES string of the molecule is CCCCN(C)S(=O)(=O)c1cccc(C#CCO)c1. The van der Waals surface area contributed by atoms with Crippen LogP contribution in [0.4, 0.5) is 0 Å². The molecule has 0 amide bonds. The Balaban J connectivity index is 3.01. The van der Waals surface area contributed by atoms with E-state index in [0.29, 0.717) is 12.1 Å². The average molecular weight is 281 g/mol. The molecule has 1 aromatic rings. The third kappa shape index (κ3) is 4.35. The molecule has 0 aliphatic heterocycles. The van der Waals surface area contributed by atoms with Gasteiger partial charge in [-0.1, -0.05) is 31.3 Å². The molecule has 0 fully saturated rings. The van der Waals surface area contributed by atoms with Gasteiger partial charge in [0.2, 0.25) is 10.0 Å². The van der Waals surface area contributed by atoms with E-state index in [0.717, 1.165) is 12.8 Å². The predicted octanol–water partition coefficient (Wildman–Crippen LogP) is 1.45. The summed E-state index contributed by atoms with van der Waals surface area (Å²) in [6.45, 7) is 2.28. The highest BCUT2D eigenvalue weighted by Crippen LogP contribution is 2.16. The molecular weight excluding hydrogens is 262 g/mol. The van der Waals surface area contributed by atoms with Crippen LogP contribution in [0.25, 0.3) is 0 Å². The predicted molar refractivity (Wildman–Crippen MR) is 75.1 cm³/mol. The van der Waals surface area contributed by atoms with Crippen molar-refractivity contribution in [2.75, 3.05) is 20.2 Å². The summed E-state index contributed by atoms with van der Waals surface area (Å²) in [6, 6.07) is 6.46. The molecule has 1 aromatic carbocycles. The van der Waals surface area contributed by atoms with Gasteiger partial charge in [0, 0.05) is 19.2 Å².